The van der Waals surface area contributed by atoms with Crippen LogP contribution in [0, 0.1) is 0 Å². The fourth-order valence-corrected chi connectivity index (χ4v) is 5.45. The zero-order valence-electron chi connectivity index (χ0n) is 17.4. The Bertz CT molecular complexity index is 1130. The van der Waals surface area contributed by atoms with Gasteiger partial charge in [0.05, 0.1) is 5.69 Å². The summed E-state index contributed by atoms with van der Waals surface area (Å²) in [5.74, 6) is 0. The van der Waals surface area contributed by atoms with Gasteiger partial charge in [-0.05, 0) is 49.6 Å². The van der Waals surface area contributed by atoms with Gasteiger partial charge in [0.2, 0.25) is 0 Å². The highest BCUT2D eigenvalue weighted by molar-refractivity contribution is 7.96. The van der Waals surface area contributed by atoms with Crippen LogP contribution in [-0.2, 0) is 13.1 Å². The Hall–Kier alpha value is -1.95. The number of nitrogens with one attached hydrogen (secondary N) is 1. The first kappa shape index (κ1) is 20.3. The Labute approximate surface area is 181 Å². The maximum atomic E-state index is 3.36. The van der Waals surface area contributed by atoms with Crippen molar-refractivity contribution in [2.45, 2.75) is 39.8 Å². The fourth-order valence-electron chi connectivity index (χ4n) is 4.14. The number of benzene rings is 1. The predicted molar refractivity (Wildman–Crippen MR) is 131 cm³/mol. The number of aromatic nitrogens is 2. The quantitative estimate of drug-likeness (QED) is 0.237. The Morgan fingerprint density at radius 2 is 2.07 bits per heavy atom. The molecule has 3 nitrogen and oxygen atoms in total. The van der Waals surface area contributed by atoms with Gasteiger partial charge in [0.25, 0.3) is 0 Å². The Morgan fingerprint density at radius 3 is 2.86 bits per heavy atom. The first-order chi connectivity index (χ1) is 14.3. The smallest absolute Gasteiger partial charge is 0.103 e. The van der Waals surface area contributed by atoms with Crippen LogP contribution in [-0.4, -0.2) is 21.9 Å². The molecule has 5 heteroatoms. The molecule has 0 amide bonds. The number of hydrogen-bond donors (Lipinski definition) is 1. The van der Waals surface area contributed by atoms with E-state index in [9.17, 15) is 0 Å². The van der Waals surface area contributed by atoms with Crippen molar-refractivity contribution in [3.63, 3.8) is 0 Å². The minimum Gasteiger partial charge on any atom is -0.347 e. The molecule has 3 aromatic heterocycles. The summed E-state index contributed by atoms with van der Waals surface area (Å²) in [6.45, 7) is 7.51. The summed E-state index contributed by atoms with van der Waals surface area (Å²) in [5, 5.41) is 4.89. The van der Waals surface area contributed by atoms with Gasteiger partial charge in [0.1, 0.15) is 4.83 Å². The minimum absolute atomic E-state index is 0.986. The second-order valence-electron chi connectivity index (χ2n) is 7.19. The molecule has 3 heterocycles. The molecule has 1 aromatic carbocycles. The molecule has 4 rings (SSSR count). The fraction of sp³-hybridized carbons (Fsp3) is 0.333. The molecular weight excluding hydrogens is 394 g/mol. The van der Waals surface area contributed by atoms with Gasteiger partial charge in [-0.25, -0.2) is 0 Å². The Balaban J connectivity index is 1.82. The molecule has 0 aliphatic carbocycles. The number of allylic oxidation sites excluding steroid dienone is 1. The van der Waals surface area contributed by atoms with Crippen LogP contribution in [0.5, 0.6) is 0 Å². The SMILES string of the molecule is CC/C=C(\c1cn(CCCNSC)c2ccccc12)c1cc2ccsc2n1CC. The maximum Gasteiger partial charge on any atom is 0.103 e. The van der Waals surface area contributed by atoms with Gasteiger partial charge in [-0.1, -0.05) is 43.1 Å². The van der Waals surface area contributed by atoms with Crippen molar-refractivity contribution >= 4 is 50.0 Å². The molecule has 0 saturated carbocycles. The molecule has 0 atom stereocenters. The standard InChI is InChI=1S/C24H29N3S2/c1-4-9-19(23-16-18-12-15-29-24(18)27(23)5-2)21-17-26(14-8-13-25-28-3)22-11-7-6-10-20(21)22/h6-7,9-12,15-17,25H,4-5,8,13-14H2,1-3H3/b19-9+. The Kier molecular flexibility index (Phi) is 6.48. The van der Waals surface area contributed by atoms with Gasteiger partial charge in [-0.2, -0.15) is 0 Å². The number of hydrogen-bond acceptors (Lipinski definition) is 3. The lowest BCUT2D eigenvalue weighted by molar-refractivity contribution is 0.657. The van der Waals surface area contributed by atoms with E-state index in [2.05, 4.69) is 88.0 Å². The molecular formula is C24H29N3S2. The molecule has 0 aliphatic heterocycles. The van der Waals surface area contributed by atoms with Crippen LogP contribution in [0.2, 0.25) is 0 Å². The van der Waals surface area contributed by atoms with Gasteiger partial charge >= 0.3 is 0 Å². The number of para-hydroxylation sites is 1. The number of aryl methyl sites for hydroxylation is 2. The molecule has 0 spiro atoms. The molecule has 152 valence electrons. The zero-order valence-corrected chi connectivity index (χ0v) is 19.1. The average molecular weight is 424 g/mol. The van der Waals surface area contributed by atoms with Gasteiger partial charge < -0.3 is 9.13 Å². The summed E-state index contributed by atoms with van der Waals surface area (Å²) < 4.78 is 8.26. The second kappa shape index (κ2) is 9.24. The number of thiophene rings is 1. The normalized spacial score (nSPS) is 12.4. The summed E-state index contributed by atoms with van der Waals surface area (Å²) in [4.78, 5) is 1.37. The number of nitrogens with zero attached hydrogens (tertiary/aromatic N) is 2. The summed E-state index contributed by atoms with van der Waals surface area (Å²) in [5.41, 5.74) is 5.36. The maximum absolute atomic E-state index is 3.36. The summed E-state index contributed by atoms with van der Waals surface area (Å²) in [7, 11) is 0. The van der Waals surface area contributed by atoms with E-state index in [4.69, 9.17) is 0 Å². The third-order valence-corrected chi connectivity index (χ3v) is 6.85. The van der Waals surface area contributed by atoms with Crippen molar-refractivity contribution in [1.82, 2.24) is 13.9 Å². The van der Waals surface area contributed by atoms with Crippen LogP contribution in [0.25, 0.3) is 26.7 Å². The van der Waals surface area contributed by atoms with Crippen molar-refractivity contribution < 1.29 is 0 Å². The molecule has 0 fully saturated rings. The van der Waals surface area contributed by atoms with Crippen molar-refractivity contribution in [3.05, 3.63) is 65.3 Å². The molecule has 29 heavy (non-hydrogen) atoms. The first-order valence-electron chi connectivity index (χ1n) is 10.4. The van der Waals surface area contributed by atoms with Crippen molar-refractivity contribution in [3.8, 4) is 0 Å². The first-order valence-corrected chi connectivity index (χ1v) is 12.5. The lowest BCUT2D eigenvalue weighted by Crippen LogP contribution is -2.08. The van der Waals surface area contributed by atoms with E-state index in [0.29, 0.717) is 0 Å². The highest BCUT2D eigenvalue weighted by atomic mass is 32.2. The summed E-state index contributed by atoms with van der Waals surface area (Å²) in [6.07, 6.45) is 8.99. The van der Waals surface area contributed by atoms with E-state index < -0.39 is 0 Å². The number of fused-ring (bicyclic) bond motifs is 2. The van der Waals surface area contributed by atoms with Crippen LogP contribution in [0.4, 0.5) is 0 Å². The largest absolute Gasteiger partial charge is 0.347 e. The highest BCUT2D eigenvalue weighted by Crippen LogP contribution is 2.36. The van der Waals surface area contributed by atoms with E-state index in [0.717, 1.165) is 32.5 Å². The summed E-state index contributed by atoms with van der Waals surface area (Å²) in [6, 6.07) is 13.4. The van der Waals surface area contributed by atoms with Crippen LogP contribution in [0.15, 0.2) is 54.1 Å². The third kappa shape index (κ3) is 3.91. The highest BCUT2D eigenvalue weighted by Gasteiger charge is 2.18. The molecule has 4 aromatic rings. The van der Waals surface area contributed by atoms with E-state index in [1.54, 1.807) is 11.9 Å². The Morgan fingerprint density at radius 1 is 1.21 bits per heavy atom. The van der Waals surface area contributed by atoms with Crippen LogP contribution < -0.4 is 4.72 Å². The van der Waals surface area contributed by atoms with Crippen molar-refractivity contribution in [1.29, 1.82) is 0 Å². The molecule has 0 aliphatic rings. The van der Waals surface area contributed by atoms with E-state index in [1.807, 2.05) is 11.3 Å². The third-order valence-electron chi connectivity index (χ3n) is 5.40. The molecule has 0 bridgehead atoms. The van der Waals surface area contributed by atoms with E-state index in [1.165, 1.54) is 38.0 Å². The van der Waals surface area contributed by atoms with E-state index >= 15 is 0 Å². The molecule has 0 unspecified atom stereocenters. The van der Waals surface area contributed by atoms with Gasteiger partial charge in [0, 0.05) is 53.3 Å². The molecule has 1 N–H and O–H groups in total. The lowest BCUT2D eigenvalue weighted by Gasteiger charge is -2.11. The van der Waals surface area contributed by atoms with Crippen molar-refractivity contribution in [2.24, 2.45) is 0 Å². The van der Waals surface area contributed by atoms with Crippen LogP contribution >= 0.6 is 23.3 Å². The lowest BCUT2D eigenvalue weighted by atomic mass is 10.0. The minimum atomic E-state index is 0.986. The zero-order chi connectivity index (χ0) is 20.2. The summed E-state index contributed by atoms with van der Waals surface area (Å²) >= 11 is 3.53. The number of rotatable bonds is 9. The monoisotopic (exact) mass is 423 g/mol. The van der Waals surface area contributed by atoms with Gasteiger partial charge in [-0.3, -0.25) is 4.72 Å². The second-order valence-corrected chi connectivity index (χ2v) is 8.78. The molecule has 0 radical (unpaired) electrons. The van der Waals surface area contributed by atoms with Crippen molar-refractivity contribution in [2.75, 3.05) is 12.8 Å². The molecule has 0 saturated heterocycles. The van der Waals surface area contributed by atoms with E-state index in [-0.39, 0.29) is 0 Å². The van der Waals surface area contributed by atoms with Crippen LogP contribution in [0.3, 0.4) is 0 Å². The van der Waals surface area contributed by atoms with Gasteiger partial charge in [-0.15, -0.1) is 11.3 Å². The topological polar surface area (TPSA) is 21.9 Å². The average Bonchev–Trinajstić information content (AvgIpc) is 3.42. The predicted octanol–water partition coefficient (Wildman–Crippen LogP) is 6.78. The van der Waals surface area contributed by atoms with Gasteiger partial charge in [0.15, 0.2) is 0 Å². The van der Waals surface area contributed by atoms with Crippen LogP contribution in [0.1, 0.15) is 37.9 Å².